The van der Waals surface area contributed by atoms with Gasteiger partial charge in [-0.2, -0.15) is 0 Å². The molecule has 1 aliphatic rings. The van der Waals surface area contributed by atoms with Crippen LogP contribution < -0.4 is 0 Å². The summed E-state index contributed by atoms with van der Waals surface area (Å²) in [5, 5.41) is 9.16. The molecule has 0 radical (unpaired) electrons. The minimum absolute atomic E-state index is 0.0122. The van der Waals surface area contributed by atoms with Crippen LogP contribution in [0, 0.1) is 0 Å². The van der Waals surface area contributed by atoms with Crippen LogP contribution in [-0.4, -0.2) is 22.9 Å². The second-order valence-corrected chi connectivity index (χ2v) is 3.70. The number of ether oxygens (including phenoxy) is 1. The molecule has 2 atom stereocenters. The second kappa shape index (κ2) is 2.51. The summed E-state index contributed by atoms with van der Waals surface area (Å²) in [7, 11) is 0. The van der Waals surface area contributed by atoms with Gasteiger partial charge in [0.15, 0.2) is 0 Å². The van der Waals surface area contributed by atoms with Crippen LogP contribution in [-0.2, 0) is 4.74 Å². The maximum Gasteiger partial charge on any atom is 0.0839 e. The Balaban J connectivity index is 2.43. The maximum atomic E-state index is 9.16. The number of rotatable bonds is 1. The molecule has 0 amide bonds. The molecule has 0 bridgehead atoms. The maximum absolute atomic E-state index is 9.16. The SMILES string of the molecule is CC(O)C1CCC(C)(C)O1. The first-order valence-corrected chi connectivity index (χ1v) is 3.87. The topological polar surface area (TPSA) is 29.5 Å². The van der Waals surface area contributed by atoms with Crippen LogP contribution in [0.2, 0.25) is 0 Å². The molecular weight excluding hydrogens is 128 g/mol. The second-order valence-electron chi connectivity index (χ2n) is 3.70. The monoisotopic (exact) mass is 144 g/mol. The van der Waals surface area contributed by atoms with Gasteiger partial charge in [0.25, 0.3) is 0 Å². The summed E-state index contributed by atoms with van der Waals surface area (Å²) < 4.78 is 5.56. The zero-order valence-corrected chi connectivity index (χ0v) is 6.92. The lowest BCUT2D eigenvalue weighted by Gasteiger charge is -2.20. The summed E-state index contributed by atoms with van der Waals surface area (Å²) >= 11 is 0. The van der Waals surface area contributed by atoms with Gasteiger partial charge >= 0.3 is 0 Å². The summed E-state index contributed by atoms with van der Waals surface area (Å²) in [6.07, 6.45) is 1.80. The Morgan fingerprint density at radius 1 is 1.60 bits per heavy atom. The largest absolute Gasteiger partial charge is 0.391 e. The zero-order chi connectivity index (χ0) is 7.78. The van der Waals surface area contributed by atoms with Crippen molar-refractivity contribution < 1.29 is 9.84 Å². The Morgan fingerprint density at radius 3 is 2.40 bits per heavy atom. The van der Waals surface area contributed by atoms with Gasteiger partial charge in [0, 0.05) is 0 Å². The van der Waals surface area contributed by atoms with E-state index in [9.17, 15) is 0 Å². The highest BCUT2D eigenvalue weighted by Gasteiger charge is 2.33. The minimum atomic E-state index is -0.318. The van der Waals surface area contributed by atoms with Crippen molar-refractivity contribution in [3.05, 3.63) is 0 Å². The Morgan fingerprint density at radius 2 is 2.20 bits per heavy atom. The van der Waals surface area contributed by atoms with Gasteiger partial charge in [-0.15, -0.1) is 0 Å². The molecule has 60 valence electrons. The number of aliphatic hydroxyl groups excluding tert-OH is 1. The average Bonchev–Trinajstić information content (AvgIpc) is 2.10. The van der Waals surface area contributed by atoms with Gasteiger partial charge in [-0.3, -0.25) is 0 Å². The summed E-state index contributed by atoms with van der Waals surface area (Å²) in [4.78, 5) is 0. The van der Waals surface area contributed by atoms with E-state index in [0.29, 0.717) is 0 Å². The number of hydrogen-bond donors (Lipinski definition) is 1. The molecule has 0 aliphatic carbocycles. The van der Waals surface area contributed by atoms with Gasteiger partial charge < -0.3 is 9.84 Å². The fourth-order valence-corrected chi connectivity index (χ4v) is 1.36. The van der Waals surface area contributed by atoms with Gasteiger partial charge in [0.05, 0.1) is 17.8 Å². The van der Waals surface area contributed by atoms with E-state index in [1.165, 1.54) is 0 Å². The molecule has 1 saturated heterocycles. The van der Waals surface area contributed by atoms with E-state index in [2.05, 4.69) is 13.8 Å². The van der Waals surface area contributed by atoms with Crippen molar-refractivity contribution in [2.24, 2.45) is 0 Å². The molecule has 1 fully saturated rings. The molecule has 2 unspecified atom stereocenters. The molecule has 10 heavy (non-hydrogen) atoms. The fourth-order valence-electron chi connectivity index (χ4n) is 1.36. The van der Waals surface area contributed by atoms with E-state index in [0.717, 1.165) is 12.8 Å². The highest BCUT2D eigenvalue weighted by Crippen LogP contribution is 2.30. The molecule has 0 saturated carbocycles. The van der Waals surface area contributed by atoms with Crippen LogP contribution in [0.1, 0.15) is 33.6 Å². The quantitative estimate of drug-likeness (QED) is 0.601. The van der Waals surface area contributed by atoms with Crippen LogP contribution in [0.25, 0.3) is 0 Å². The van der Waals surface area contributed by atoms with E-state index >= 15 is 0 Å². The molecular formula is C8H16O2. The first-order valence-electron chi connectivity index (χ1n) is 3.87. The molecule has 1 N–H and O–H groups in total. The number of hydrogen-bond acceptors (Lipinski definition) is 2. The van der Waals surface area contributed by atoms with Crippen LogP contribution >= 0.6 is 0 Å². The average molecular weight is 144 g/mol. The molecule has 1 rings (SSSR count). The van der Waals surface area contributed by atoms with Gasteiger partial charge in [-0.1, -0.05) is 0 Å². The molecule has 1 heterocycles. The van der Waals surface area contributed by atoms with Crippen molar-refractivity contribution >= 4 is 0 Å². The van der Waals surface area contributed by atoms with E-state index in [1.807, 2.05) is 0 Å². The summed E-state index contributed by atoms with van der Waals surface area (Å²) in [5.41, 5.74) is -0.0122. The fraction of sp³-hybridized carbons (Fsp3) is 1.00. The van der Waals surface area contributed by atoms with Crippen LogP contribution in [0.15, 0.2) is 0 Å². The van der Waals surface area contributed by atoms with Gasteiger partial charge in [0.2, 0.25) is 0 Å². The third kappa shape index (κ3) is 1.70. The van der Waals surface area contributed by atoms with Crippen molar-refractivity contribution in [1.82, 2.24) is 0 Å². The molecule has 2 heteroatoms. The van der Waals surface area contributed by atoms with Gasteiger partial charge in [0.1, 0.15) is 0 Å². The van der Waals surface area contributed by atoms with Crippen molar-refractivity contribution in [3.8, 4) is 0 Å². The van der Waals surface area contributed by atoms with Crippen molar-refractivity contribution in [3.63, 3.8) is 0 Å². The molecule has 0 aromatic heterocycles. The minimum Gasteiger partial charge on any atom is -0.391 e. The van der Waals surface area contributed by atoms with Crippen molar-refractivity contribution in [2.75, 3.05) is 0 Å². The van der Waals surface area contributed by atoms with E-state index in [-0.39, 0.29) is 17.8 Å². The Bertz CT molecular complexity index is 118. The molecule has 0 aromatic rings. The summed E-state index contributed by atoms with van der Waals surface area (Å²) in [5.74, 6) is 0. The lowest BCUT2D eigenvalue weighted by atomic mass is 10.0. The Labute approximate surface area is 62.2 Å². The highest BCUT2D eigenvalue weighted by atomic mass is 16.5. The first kappa shape index (κ1) is 8.02. The summed E-state index contributed by atoms with van der Waals surface area (Å²) in [6, 6.07) is 0. The van der Waals surface area contributed by atoms with Crippen molar-refractivity contribution in [2.45, 2.75) is 51.4 Å². The summed E-state index contributed by atoms with van der Waals surface area (Å²) in [6.45, 7) is 5.91. The lowest BCUT2D eigenvalue weighted by molar-refractivity contribution is -0.0649. The third-order valence-electron chi connectivity index (χ3n) is 2.04. The number of aliphatic hydroxyl groups is 1. The predicted molar refractivity (Wildman–Crippen MR) is 39.9 cm³/mol. The molecule has 1 aliphatic heterocycles. The van der Waals surface area contributed by atoms with Gasteiger partial charge in [-0.05, 0) is 33.6 Å². The van der Waals surface area contributed by atoms with E-state index < -0.39 is 0 Å². The first-order chi connectivity index (χ1) is 4.51. The molecule has 0 aromatic carbocycles. The smallest absolute Gasteiger partial charge is 0.0839 e. The Kier molecular flexibility index (Phi) is 2.02. The highest BCUT2D eigenvalue weighted by molar-refractivity contribution is 4.82. The van der Waals surface area contributed by atoms with Gasteiger partial charge in [-0.25, -0.2) is 0 Å². The lowest BCUT2D eigenvalue weighted by Crippen LogP contribution is -2.26. The van der Waals surface area contributed by atoms with E-state index in [1.54, 1.807) is 6.92 Å². The zero-order valence-electron chi connectivity index (χ0n) is 6.92. The normalized spacial score (nSPS) is 34.2. The van der Waals surface area contributed by atoms with Crippen LogP contribution in [0.4, 0.5) is 0 Å². The Hall–Kier alpha value is -0.0800. The van der Waals surface area contributed by atoms with E-state index in [4.69, 9.17) is 9.84 Å². The predicted octanol–water partition coefficient (Wildman–Crippen LogP) is 1.32. The van der Waals surface area contributed by atoms with Crippen LogP contribution in [0.5, 0.6) is 0 Å². The van der Waals surface area contributed by atoms with Crippen LogP contribution in [0.3, 0.4) is 0 Å². The molecule has 0 spiro atoms. The third-order valence-corrected chi connectivity index (χ3v) is 2.04. The molecule has 2 nitrogen and oxygen atoms in total. The standard InChI is InChI=1S/C8H16O2/c1-6(9)7-4-5-8(2,3)10-7/h6-7,9H,4-5H2,1-3H3. The van der Waals surface area contributed by atoms with Crippen molar-refractivity contribution in [1.29, 1.82) is 0 Å².